The van der Waals surface area contributed by atoms with Crippen molar-refractivity contribution in [2.75, 3.05) is 46.1 Å². The quantitative estimate of drug-likeness (QED) is 0.0250. The standard InChI is InChI=1S/C75H74Cl5N17O13S4/c1-48-13-7-19-56(76)69(48)111(102,103)74(88-112(104,105)70-49(2)14-8-20-57(70)77,73(101)89(3)43-51-15-5-6-22-64(51)110-4)46-75(95-30-12-18-54(95)41-83,96(113(106,107)55-37-58(78)68(84)59(79)38-55)62(26-33-90-28-10-16-52(90)39-81)71(99)92-31-24-50(45-98)25-32-92)97(114(108,109)65-23-9-21-61-67(65)60(80)42-85-61)63(27-34-91-29-11-17-53(91)40-82)72(100)93-35-36-94-47-86-87-66(94)44-93/h5-23,28-30,37-38,42,47,50,62-63,85,88,98H,24-27,31-36,43-46,84H2,1-4H3. The zero-order chi connectivity index (χ0) is 82.1. The summed E-state index contributed by atoms with van der Waals surface area (Å²) in [5, 5.41) is 49.5. The zero-order valence-corrected chi connectivity index (χ0v) is 68.4. The van der Waals surface area contributed by atoms with Gasteiger partial charge in [0.15, 0.2) is 11.6 Å². The minimum absolute atomic E-state index is 0.0311. The summed E-state index contributed by atoms with van der Waals surface area (Å²) in [7, 11) is -23.2. The van der Waals surface area contributed by atoms with E-state index in [0.717, 1.165) is 65.5 Å². The number of aliphatic hydroxyl groups excluding tert-OH is 1. The third-order valence-corrected chi connectivity index (χ3v) is 30.4. The Morgan fingerprint density at radius 1 is 0.684 bits per heavy atom. The number of hydrogen-bond donors (Lipinski definition) is 4. The van der Waals surface area contributed by atoms with Gasteiger partial charge in [0.1, 0.15) is 64.3 Å². The second-order valence-corrected chi connectivity index (χ2v) is 36.7. The fourth-order valence-corrected chi connectivity index (χ4v) is 25.3. The minimum Gasteiger partial charge on any atom is -0.496 e. The monoisotopic (exact) mass is 1720 g/mol. The van der Waals surface area contributed by atoms with Crippen LogP contribution in [0, 0.1) is 53.8 Å². The Balaban J connectivity index is 1.40. The van der Waals surface area contributed by atoms with E-state index < -0.39 is 188 Å². The fourth-order valence-electron chi connectivity index (χ4n) is 15.0. The number of piperidine rings is 1. The first-order valence-corrected chi connectivity index (χ1v) is 43.0. The van der Waals surface area contributed by atoms with Crippen LogP contribution >= 0.6 is 58.0 Å². The lowest BCUT2D eigenvalue weighted by molar-refractivity contribution is -0.156. The maximum atomic E-state index is 18.9. The van der Waals surface area contributed by atoms with E-state index in [1.165, 1.54) is 139 Å². The number of benzene rings is 5. The number of ether oxygens (including phenoxy) is 1. The summed E-state index contributed by atoms with van der Waals surface area (Å²) in [6.45, 7) is -1.49. The highest BCUT2D eigenvalue weighted by Crippen LogP contribution is 2.53. The zero-order valence-electron chi connectivity index (χ0n) is 61.4. The van der Waals surface area contributed by atoms with Crippen LogP contribution in [0.2, 0.25) is 25.1 Å². The van der Waals surface area contributed by atoms with Gasteiger partial charge in [-0.2, -0.15) is 20.5 Å². The van der Waals surface area contributed by atoms with E-state index in [4.69, 9.17) is 68.5 Å². The molecule has 5 aromatic heterocycles. The number of sulfonamides is 3. The van der Waals surface area contributed by atoms with Gasteiger partial charge in [-0.1, -0.05) is 107 Å². The normalized spacial score (nSPS) is 15.3. The van der Waals surface area contributed by atoms with Gasteiger partial charge in [0.05, 0.1) is 59.1 Å². The Morgan fingerprint density at radius 3 is 1.83 bits per heavy atom. The first-order chi connectivity index (χ1) is 54.3. The number of carbonyl (C=O) groups excluding carboxylic acids is 3. The Kier molecular flexibility index (Phi) is 24.6. The molecule has 0 aliphatic carbocycles. The molecule has 12 rings (SSSR count). The van der Waals surface area contributed by atoms with Crippen LogP contribution in [-0.4, -0.2) is 171 Å². The van der Waals surface area contributed by atoms with Gasteiger partial charge >= 0.3 is 0 Å². The topological polar surface area (TPSA) is 404 Å². The highest BCUT2D eigenvalue weighted by atomic mass is 35.5. The van der Waals surface area contributed by atoms with Crippen LogP contribution in [0.25, 0.3) is 10.9 Å². The van der Waals surface area contributed by atoms with E-state index in [0.29, 0.717) is 4.57 Å². The predicted octanol–water partition coefficient (Wildman–Crippen LogP) is 9.63. The van der Waals surface area contributed by atoms with Crippen LogP contribution in [0.3, 0.4) is 0 Å². The van der Waals surface area contributed by atoms with Crippen LogP contribution in [0.4, 0.5) is 5.69 Å². The molecule has 114 heavy (non-hydrogen) atoms. The van der Waals surface area contributed by atoms with Crippen LogP contribution < -0.4 is 15.2 Å². The molecule has 4 atom stereocenters. The number of nitrogens with one attached hydrogen (secondary N) is 2. The molecule has 596 valence electrons. The lowest BCUT2D eigenvalue weighted by Gasteiger charge is -2.56. The smallest absolute Gasteiger partial charge is 0.260 e. The van der Waals surface area contributed by atoms with Gasteiger partial charge in [-0.3, -0.25) is 14.4 Å². The number of hydrogen-bond acceptors (Lipinski definition) is 19. The number of nitrogens with zero attached hydrogens (tertiary/aromatic N) is 14. The number of halogens is 5. The summed E-state index contributed by atoms with van der Waals surface area (Å²) in [6, 6.07) is 27.1. The molecular formula is C75H74Cl5N17O13S4. The summed E-state index contributed by atoms with van der Waals surface area (Å²) in [5.41, 5.74) is 4.49. The molecule has 30 nitrogen and oxygen atoms in total. The summed E-state index contributed by atoms with van der Waals surface area (Å²) >= 11 is 35.6. The first kappa shape index (κ1) is 83.6. The molecule has 5 N–H and O–H groups in total. The van der Waals surface area contributed by atoms with E-state index in [1.807, 2.05) is 6.07 Å². The molecule has 39 heteroatoms. The van der Waals surface area contributed by atoms with Crippen molar-refractivity contribution in [2.24, 2.45) is 5.92 Å². The SMILES string of the molecule is COc1ccccc1CN(C)C(=O)C(CC(N(C(CCn1cccc1C#N)C(=O)N1CCC(CO)CC1)S(=O)(=O)c1cc(Cl)c(N)c(Cl)c1)(N(C(CCn1cccc1C#N)C(=O)N1CCn2cnnc2C1)S(=O)(=O)c1cccc2[nH]cc(Cl)c12)n1cccc1C#N)(NS(=O)(=O)c1c(C)cccc1Cl)S(=O)(=O)c1c(C)cccc1Cl. The predicted molar refractivity (Wildman–Crippen MR) is 423 cm³/mol. The number of fused-ring (bicyclic) bond motifs is 2. The Morgan fingerprint density at radius 2 is 1.25 bits per heavy atom. The number of likely N-dealkylation sites (tertiary alicyclic amines) is 1. The molecule has 7 heterocycles. The van der Waals surface area contributed by atoms with E-state index in [2.05, 4.69) is 32.0 Å². The molecule has 0 spiro atoms. The third-order valence-electron chi connectivity index (χ3n) is 20.6. The number of sulfone groups is 1. The number of amides is 3. The van der Waals surface area contributed by atoms with Gasteiger partial charge in [-0.15, -0.1) is 18.8 Å². The number of rotatable bonds is 29. The number of aryl methyl sites for hydroxylation is 4. The van der Waals surface area contributed by atoms with Crippen molar-refractivity contribution in [1.29, 1.82) is 15.8 Å². The highest BCUT2D eigenvalue weighted by molar-refractivity contribution is 7.96. The molecule has 5 aromatic carbocycles. The molecule has 10 aromatic rings. The van der Waals surface area contributed by atoms with Crippen LogP contribution in [0.1, 0.15) is 71.7 Å². The lowest BCUT2D eigenvalue weighted by Crippen LogP contribution is -2.77. The summed E-state index contributed by atoms with van der Waals surface area (Å²) < 4.78 is 159. The number of H-pyrrole nitrogens is 1. The number of carbonyl (C=O) groups is 3. The molecule has 0 radical (unpaired) electrons. The van der Waals surface area contributed by atoms with Crippen molar-refractivity contribution in [3.05, 3.63) is 223 Å². The first-order valence-electron chi connectivity index (χ1n) is 35.3. The van der Waals surface area contributed by atoms with Gasteiger partial charge < -0.3 is 53.5 Å². The van der Waals surface area contributed by atoms with E-state index in [1.54, 1.807) is 10.6 Å². The molecule has 2 aliphatic rings. The van der Waals surface area contributed by atoms with Crippen molar-refractivity contribution in [2.45, 2.75) is 121 Å². The van der Waals surface area contributed by atoms with Gasteiger partial charge in [-0.25, -0.2) is 33.7 Å². The summed E-state index contributed by atoms with van der Waals surface area (Å²) in [5.74, 6) is -9.10. The number of nitriles is 3. The summed E-state index contributed by atoms with van der Waals surface area (Å²) in [6.07, 6.45) is 2.05. The van der Waals surface area contributed by atoms with Gasteiger partial charge in [0.25, 0.3) is 5.91 Å². The molecule has 0 saturated carbocycles. The Bertz CT molecular complexity index is 5960. The van der Waals surface area contributed by atoms with E-state index >= 15 is 48.1 Å². The van der Waals surface area contributed by atoms with E-state index in [9.17, 15) is 20.9 Å². The Labute approximate surface area is 682 Å². The van der Waals surface area contributed by atoms with Gasteiger partial charge in [0, 0.05) is 107 Å². The van der Waals surface area contributed by atoms with Crippen molar-refractivity contribution in [1.82, 2.24) is 61.5 Å². The van der Waals surface area contributed by atoms with Crippen LogP contribution in [0.5, 0.6) is 5.75 Å². The highest BCUT2D eigenvalue weighted by Gasteiger charge is 2.70. The minimum atomic E-state index is -6.53. The van der Waals surface area contributed by atoms with Crippen molar-refractivity contribution in [3.63, 3.8) is 0 Å². The fraction of sp³-hybridized carbons (Fsp3) is 0.307. The van der Waals surface area contributed by atoms with Crippen molar-refractivity contribution in [3.8, 4) is 24.0 Å². The molecule has 0 bridgehead atoms. The van der Waals surface area contributed by atoms with Gasteiger partial charge in [0.2, 0.25) is 56.6 Å². The number of aromatic amines is 1. The van der Waals surface area contributed by atoms with Crippen molar-refractivity contribution < 1.29 is 57.9 Å². The largest absolute Gasteiger partial charge is 0.496 e. The number of para-hydroxylation sites is 1. The van der Waals surface area contributed by atoms with Crippen LogP contribution in [-0.2, 0) is 92.8 Å². The number of methoxy groups -OCH3 is 1. The van der Waals surface area contributed by atoms with E-state index in [-0.39, 0.29) is 104 Å². The molecular weight excluding hydrogens is 1650 g/mol. The average Bonchev–Trinajstić information content (AvgIpc) is 0.970. The lowest BCUT2D eigenvalue weighted by atomic mass is 9.96. The second-order valence-electron chi connectivity index (χ2n) is 27.4. The molecule has 3 amide bonds. The number of aromatic nitrogens is 7. The number of aliphatic hydroxyl groups is 1. The maximum absolute atomic E-state index is 18.9. The second kappa shape index (κ2) is 33.6. The van der Waals surface area contributed by atoms with Crippen LogP contribution in [0.15, 0.2) is 178 Å². The third kappa shape index (κ3) is 15.5. The molecule has 1 fully saturated rings. The molecule has 4 unspecified atom stereocenters. The number of anilines is 1. The molecule has 2 aliphatic heterocycles. The average molecular weight is 1730 g/mol. The number of nitrogen functional groups attached to an aromatic ring is 1. The van der Waals surface area contributed by atoms with Crippen molar-refractivity contribution >= 4 is 132 Å². The Hall–Kier alpha value is -9.81. The number of nitrogens with two attached hydrogens (primary N) is 1. The van der Waals surface area contributed by atoms with Gasteiger partial charge in [-0.05, 0) is 135 Å². The maximum Gasteiger partial charge on any atom is 0.260 e. The molecule has 1 saturated heterocycles. The number of likely N-dealkylation sites (N-methyl/N-ethyl adjacent to an activating group) is 1. The summed E-state index contributed by atoms with van der Waals surface area (Å²) in [4.78, 5) is 51.0.